The maximum Gasteiger partial charge on any atom is 0.0595 e. The Morgan fingerprint density at radius 3 is 2.38 bits per heavy atom. The first kappa shape index (κ1) is 9.32. The van der Waals surface area contributed by atoms with Crippen molar-refractivity contribution in [1.82, 2.24) is 0 Å². The molecule has 70 valence electrons. The van der Waals surface area contributed by atoms with Crippen LogP contribution in [0, 0.1) is 0 Å². The van der Waals surface area contributed by atoms with Crippen molar-refractivity contribution < 1.29 is 5.11 Å². The van der Waals surface area contributed by atoms with Crippen LogP contribution in [0.2, 0.25) is 10.0 Å². The molecule has 13 heavy (non-hydrogen) atoms. The lowest BCUT2D eigenvalue weighted by atomic mass is 9.97. The molecule has 1 aromatic carbocycles. The number of halogens is 2. The van der Waals surface area contributed by atoms with E-state index in [0.717, 1.165) is 18.4 Å². The molecule has 1 aliphatic carbocycles. The molecule has 0 radical (unpaired) electrons. The Balaban J connectivity index is 2.37. The summed E-state index contributed by atoms with van der Waals surface area (Å²) in [4.78, 5) is 0. The summed E-state index contributed by atoms with van der Waals surface area (Å²) in [6, 6.07) is 5.58. The van der Waals surface area contributed by atoms with Gasteiger partial charge in [0.05, 0.1) is 16.7 Å². The fourth-order valence-corrected chi connectivity index (χ4v) is 1.81. The van der Waals surface area contributed by atoms with Crippen molar-refractivity contribution in [2.24, 2.45) is 0 Å². The molecule has 2 rings (SSSR count). The summed E-state index contributed by atoms with van der Waals surface area (Å²) in [6.07, 6.45) is 2.09. The highest BCUT2D eigenvalue weighted by molar-refractivity contribution is 6.42. The molecule has 1 saturated carbocycles. The lowest BCUT2D eigenvalue weighted by Gasteiger charge is -2.12. The summed E-state index contributed by atoms with van der Waals surface area (Å²) in [7, 11) is 0. The maximum absolute atomic E-state index is 9.19. The summed E-state index contributed by atoms with van der Waals surface area (Å²) >= 11 is 11.7. The predicted molar refractivity (Wildman–Crippen MR) is 54.5 cm³/mol. The Kier molecular flexibility index (Phi) is 2.26. The van der Waals surface area contributed by atoms with Crippen LogP contribution in [0.4, 0.5) is 0 Å². The molecule has 0 heterocycles. The van der Waals surface area contributed by atoms with E-state index >= 15 is 0 Å². The second-order valence-electron chi connectivity index (χ2n) is 3.57. The first-order valence-corrected chi connectivity index (χ1v) is 5.00. The molecule has 0 aliphatic heterocycles. The number of rotatable bonds is 2. The highest BCUT2D eigenvalue weighted by atomic mass is 35.5. The molecule has 3 heteroatoms. The maximum atomic E-state index is 9.19. The number of aliphatic hydroxyl groups excluding tert-OH is 1. The van der Waals surface area contributed by atoms with Crippen LogP contribution < -0.4 is 0 Å². The van der Waals surface area contributed by atoms with E-state index in [2.05, 4.69) is 0 Å². The van der Waals surface area contributed by atoms with Crippen molar-refractivity contribution >= 4 is 23.2 Å². The van der Waals surface area contributed by atoms with Crippen molar-refractivity contribution in [1.29, 1.82) is 0 Å². The number of aliphatic hydroxyl groups is 1. The van der Waals surface area contributed by atoms with E-state index in [4.69, 9.17) is 23.2 Å². The van der Waals surface area contributed by atoms with E-state index in [1.54, 1.807) is 6.07 Å². The molecule has 0 unspecified atom stereocenters. The molecular formula is C10H10Cl2O. The van der Waals surface area contributed by atoms with Gasteiger partial charge in [0, 0.05) is 5.41 Å². The van der Waals surface area contributed by atoms with Gasteiger partial charge in [-0.1, -0.05) is 29.3 Å². The van der Waals surface area contributed by atoms with Crippen LogP contribution >= 0.6 is 23.2 Å². The van der Waals surface area contributed by atoms with Gasteiger partial charge in [-0.05, 0) is 30.5 Å². The van der Waals surface area contributed by atoms with Crippen LogP contribution in [-0.4, -0.2) is 11.7 Å². The van der Waals surface area contributed by atoms with Crippen LogP contribution in [0.25, 0.3) is 0 Å². The molecule has 1 N–H and O–H groups in total. The number of hydrogen-bond donors (Lipinski definition) is 1. The second kappa shape index (κ2) is 3.16. The summed E-state index contributed by atoms with van der Waals surface area (Å²) in [5.74, 6) is 0. The van der Waals surface area contributed by atoms with Gasteiger partial charge in [-0.3, -0.25) is 0 Å². The van der Waals surface area contributed by atoms with Crippen molar-refractivity contribution in [3.05, 3.63) is 33.8 Å². The highest BCUT2D eigenvalue weighted by Gasteiger charge is 2.43. The summed E-state index contributed by atoms with van der Waals surface area (Å²) in [5.41, 5.74) is 1.08. The van der Waals surface area contributed by atoms with Gasteiger partial charge in [0.15, 0.2) is 0 Å². The minimum absolute atomic E-state index is 0.0196. The Bertz CT molecular complexity index is 332. The van der Waals surface area contributed by atoms with E-state index in [0.29, 0.717) is 10.0 Å². The molecule has 1 fully saturated rings. The molecule has 0 aromatic heterocycles. The topological polar surface area (TPSA) is 20.2 Å². The zero-order chi connectivity index (χ0) is 9.47. The zero-order valence-electron chi connectivity index (χ0n) is 7.06. The number of hydrogen-bond acceptors (Lipinski definition) is 1. The molecule has 0 atom stereocenters. The molecular weight excluding hydrogens is 207 g/mol. The van der Waals surface area contributed by atoms with E-state index in [1.165, 1.54) is 0 Å². The van der Waals surface area contributed by atoms with Gasteiger partial charge in [0.1, 0.15) is 0 Å². The third-order valence-electron chi connectivity index (χ3n) is 2.69. The molecule has 0 bridgehead atoms. The van der Waals surface area contributed by atoms with Gasteiger partial charge < -0.3 is 5.11 Å². The lowest BCUT2D eigenvalue weighted by molar-refractivity contribution is 0.255. The van der Waals surface area contributed by atoms with Crippen LogP contribution in [0.15, 0.2) is 18.2 Å². The van der Waals surface area contributed by atoms with Crippen molar-refractivity contribution in [3.8, 4) is 0 Å². The van der Waals surface area contributed by atoms with Crippen LogP contribution in [0.3, 0.4) is 0 Å². The summed E-state index contributed by atoms with van der Waals surface area (Å²) in [6.45, 7) is 0.199. The Morgan fingerprint density at radius 2 is 1.92 bits per heavy atom. The molecule has 0 spiro atoms. The van der Waals surface area contributed by atoms with Gasteiger partial charge in [0.2, 0.25) is 0 Å². The van der Waals surface area contributed by atoms with E-state index in [-0.39, 0.29) is 12.0 Å². The summed E-state index contributed by atoms with van der Waals surface area (Å²) < 4.78 is 0. The third-order valence-corrected chi connectivity index (χ3v) is 3.43. The zero-order valence-corrected chi connectivity index (χ0v) is 8.57. The van der Waals surface area contributed by atoms with Gasteiger partial charge in [-0.2, -0.15) is 0 Å². The lowest BCUT2D eigenvalue weighted by Crippen LogP contribution is -2.11. The molecule has 1 aromatic rings. The standard InChI is InChI=1S/C10H10Cl2O/c11-8-2-1-7(5-9(8)12)10(6-13)3-4-10/h1-2,5,13H,3-4,6H2. The SMILES string of the molecule is OCC1(c2ccc(Cl)c(Cl)c2)CC1. The smallest absolute Gasteiger partial charge is 0.0595 e. The van der Waals surface area contributed by atoms with Crippen molar-refractivity contribution in [3.63, 3.8) is 0 Å². The van der Waals surface area contributed by atoms with Gasteiger partial charge >= 0.3 is 0 Å². The quantitative estimate of drug-likeness (QED) is 0.807. The molecule has 0 amide bonds. The van der Waals surface area contributed by atoms with E-state index < -0.39 is 0 Å². The van der Waals surface area contributed by atoms with Crippen LogP contribution in [0.1, 0.15) is 18.4 Å². The first-order chi connectivity index (χ1) is 6.18. The monoisotopic (exact) mass is 216 g/mol. The Hall–Kier alpha value is -0.240. The van der Waals surface area contributed by atoms with E-state index in [1.807, 2.05) is 12.1 Å². The van der Waals surface area contributed by atoms with Crippen molar-refractivity contribution in [2.45, 2.75) is 18.3 Å². The average Bonchev–Trinajstić information content (AvgIpc) is 2.90. The normalized spacial score (nSPS) is 18.7. The average molecular weight is 217 g/mol. The third kappa shape index (κ3) is 1.56. The second-order valence-corrected chi connectivity index (χ2v) is 4.38. The minimum atomic E-state index is -0.0196. The minimum Gasteiger partial charge on any atom is -0.395 e. The predicted octanol–water partition coefficient (Wildman–Crippen LogP) is 3.02. The fourth-order valence-electron chi connectivity index (χ4n) is 1.51. The molecule has 1 aliphatic rings. The Labute approximate surface area is 87.3 Å². The van der Waals surface area contributed by atoms with Crippen LogP contribution in [-0.2, 0) is 5.41 Å². The fraction of sp³-hybridized carbons (Fsp3) is 0.400. The van der Waals surface area contributed by atoms with Gasteiger partial charge in [0.25, 0.3) is 0 Å². The first-order valence-electron chi connectivity index (χ1n) is 4.24. The molecule has 0 saturated heterocycles. The van der Waals surface area contributed by atoms with E-state index in [9.17, 15) is 5.11 Å². The number of benzene rings is 1. The summed E-state index contributed by atoms with van der Waals surface area (Å²) in [5, 5.41) is 10.3. The highest BCUT2D eigenvalue weighted by Crippen LogP contribution is 2.48. The largest absolute Gasteiger partial charge is 0.395 e. The van der Waals surface area contributed by atoms with Crippen molar-refractivity contribution in [2.75, 3.05) is 6.61 Å². The van der Waals surface area contributed by atoms with Gasteiger partial charge in [-0.25, -0.2) is 0 Å². The Morgan fingerprint density at radius 1 is 1.23 bits per heavy atom. The molecule has 1 nitrogen and oxygen atoms in total. The van der Waals surface area contributed by atoms with Gasteiger partial charge in [-0.15, -0.1) is 0 Å². The van der Waals surface area contributed by atoms with Crippen LogP contribution in [0.5, 0.6) is 0 Å².